The summed E-state index contributed by atoms with van der Waals surface area (Å²) in [6.07, 6.45) is 3.37. The number of hydrogen-bond acceptors (Lipinski definition) is 1. The van der Waals surface area contributed by atoms with Gasteiger partial charge in [-0.25, -0.2) is 0 Å². The largest absolute Gasteiger partial charge is 0.310 e. The van der Waals surface area contributed by atoms with Crippen LogP contribution >= 0.6 is 0 Å². The van der Waals surface area contributed by atoms with E-state index in [1.54, 1.807) is 0 Å². The van der Waals surface area contributed by atoms with Gasteiger partial charge in [0.2, 0.25) is 0 Å². The van der Waals surface area contributed by atoms with Gasteiger partial charge >= 0.3 is 0 Å². The minimum Gasteiger partial charge on any atom is -0.310 e. The third-order valence-electron chi connectivity index (χ3n) is 2.30. The van der Waals surface area contributed by atoms with Crippen LogP contribution in [0.25, 0.3) is 0 Å². The summed E-state index contributed by atoms with van der Waals surface area (Å²) >= 11 is 0. The highest BCUT2D eigenvalue weighted by Gasteiger charge is 2.04. The van der Waals surface area contributed by atoms with E-state index < -0.39 is 0 Å². The predicted octanol–water partition coefficient (Wildman–Crippen LogP) is 3.17. The molecule has 0 aliphatic rings. The summed E-state index contributed by atoms with van der Waals surface area (Å²) in [4.78, 5) is 0. The van der Waals surface area contributed by atoms with Gasteiger partial charge in [-0.05, 0) is 32.4 Å². The maximum absolute atomic E-state index is 3.49. The van der Waals surface area contributed by atoms with Crippen LogP contribution in [0.3, 0.4) is 0 Å². The topological polar surface area (TPSA) is 12.0 Å². The zero-order valence-electron chi connectivity index (χ0n) is 9.96. The molecule has 1 N–H and O–H groups in total. The van der Waals surface area contributed by atoms with Gasteiger partial charge in [-0.1, -0.05) is 48.9 Å². The molecule has 1 heteroatoms. The van der Waals surface area contributed by atoms with Crippen LogP contribution in [0.2, 0.25) is 0 Å². The molecule has 0 aromatic heterocycles. The van der Waals surface area contributed by atoms with Crippen molar-refractivity contribution in [3.8, 4) is 0 Å². The third-order valence-corrected chi connectivity index (χ3v) is 2.30. The number of nitrogens with one attached hydrogen (secondary N) is 1. The Kier molecular flexibility index (Phi) is 5.13. The molecule has 0 fully saturated rings. The summed E-state index contributed by atoms with van der Waals surface area (Å²) < 4.78 is 0. The number of likely N-dealkylation sites (N-methyl/N-ethyl adjacent to an activating group) is 1. The molecule has 0 radical (unpaired) electrons. The Balaban J connectivity index is 2.63. The fourth-order valence-corrected chi connectivity index (χ4v) is 1.72. The first-order valence-electron chi connectivity index (χ1n) is 5.64. The van der Waals surface area contributed by atoms with Crippen molar-refractivity contribution in [2.45, 2.75) is 33.2 Å². The lowest BCUT2D eigenvalue weighted by Crippen LogP contribution is -2.29. The second-order valence-corrected chi connectivity index (χ2v) is 4.10. The molecule has 0 aliphatic heterocycles. The molecular formula is C14H21N. The third kappa shape index (κ3) is 4.80. The molecule has 0 saturated carbocycles. The van der Waals surface area contributed by atoms with Crippen molar-refractivity contribution < 1.29 is 0 Å². The van der Waals surface area contributed by atoms with Gasteiger partial charge in [0.25, 0.3) is 0 Å². The Hall–Kier alpha value is -1.08. The zero-order chi connectivity index (χ0) is 11.1. The standard InChI is InChI=1S/C14H21N/c1-4-15-14(10-12(2)3)11-13-8-6-5-7-9-13/h5-10,14-15H,4,11H2,1-3H3. The van der Waals surface area contributed by atoms with E-state index in [0.29, 0.717) is 6.04 Å². The number of hydrogen-bond donors (Lipinski definition) is 1. The summed E-state index contributed by atoms with van der Waals surface area (Å²) in [7, 11) is 0. The second kappa shape index (κ2) is 6.41. The lowest BCUT2D eigenvalue weighted by Gasteiger charge is -2.14. The SMILES string of the molecule is CCNC(C=C(C)C)Cc1ccccc1. The molecule has 1 aromatic carbocycles. The van der Waals surface area contributed by atoms with Crippen molar-refractivity contribution in [2.75, 3.05) is 6.54 Å². The summed E-state index contributed by atoms with van der Waals surface area (Å²) in [5.41, 5.74) is 2.76. The molecule has 1 unspecified atom stereocenters. The monoisotopic (exact) mass is 203 g/mol. The van der Waals surface area contributed by atoms with Gasteiger partial charge in [-0.15, -0.1) is 0 Å². The van der Waals surface area contributed by atoms with Crippen molar-refractivity contribution in [1.29, 1.82) is 0 Å². The molecule has 1 aromatic rings. The van der Waals surface area contributed by atoms with Crippen LogP contribution in [0, 0.1) is 0 Å². The normalized spacial score (nSPS) is 12.2. The number of rotatable bonds is 5. The van der Waals surface area contributed by atoms with Crippen LogP contribution in [0.15, 0.2) is 42.0 Å². The molecule has 1 nitrogen and oxygen atoms in total. The molecule has 82 valence electrons. The molecule has 15 heavy (non-hydrogen) atoms. The Bertz CT molecular complexity index is 296. The second-order valence-electron chi connectivity index (χ2n) is 4.10. The highest BCUT2D eigenvalue weighted by atomic mass is 14.9. The van der Waals surface area contributed by atoms with Crippen LogP contribution in [-0.2, 0) is 6.42 Å². The molecule has 1 rings (SSSR count). The Labute approximate surface area is 93.2 Å². The molecule has 0 heterocycles. The van der Waals surface area contributed by atoms with Crippen LogP contribution in [-0.4, -0.2) is 12.6 Å². The van der Waals surface area contributed by atoms with Crippen molar-refractivity contribution in [2.24, 2.45) is 0 Å². The van der Waals surface area contributed by atoms with Gasteiger partial charge in [-0.2, -0.15) is 0 Å². The summed E-state index contributed by atoms with van der Waals surface area (Å²) in [6, 6.07) is 11.1. The number of allylic oxidation sites excluding steroid dienone is 1. The van der Waals surface area contributed by atoms with Gasteiger partial charge in [0.05, 0.1) is 0 Å². The Morgan fingerprint density at radius 1 is 1.27 bits per heavy atom. The quantitative estimate of drug-likeness (QED) is 0.725. The Morgan fingerprint density at radius 3 is 2.47 bits per heavy atom. The molecule has 0 aliphatic carbocycles. The lowest BCUT2D eigenvalue weighted by molar-refractivity contribution is 0.609. The summed E-state index contributed by atoms with van der Waals surface area (Å²) in [5, 5.41) is 3.49. The highest BCUT2D eigenvalue weighted by Crippen LogP contribution is 2.05. The van der Waals surface area contributed by atoms with Gasteiger partial charge < -0.3 is 5.32 Å². The van der Waals surface area contributed by atoms with E-state index in [1.165, 1.54) is 11.1 Å². The maximum Gasteiger partial charge on any atom is 0.0292 e. The molecule has 1 atom stereocenters. The van der Waals surface area contributed by atoms with E-state index in [9.17, 15) is 0 Å². The Morgan fingerprint density at radius 2 is 1.93 bits per heavy atom. The average Bonchev–Trinajstić information content (AvgIpc) is 2.18. The first kappa shape index (κ1) is 12.0. The van der Waals surface area contributed by atoms with Crippen LogP contribution in [0.4, 0.5) is 0 Å². The van der Waals surface area contributed by atoms with Gasteiger partial charge in [0, 0.05) is 6.04 Å². The fraction of sp³-hybridized carbons (Fsp3) is 0.429. The van der Waals surface area contributed by atoms with E-state index in [0.717, 1.165) is 13.0 Å². The highest BCUT2D eigenvalue weighted by molar-refractivity contribution is 5.18. The smallest absolute Gasteiger partial charge is 0.0292 e. The van der Waals surface area contributed by atoms with Crippen molar-refractivity contribution in [1.82, 2.24) is 5.32 Å². The average molecular weight is 203 g/mol. The van der Waals surface area contributed by atoms with E-state index in [2.05, 4.69) is 62.5 Å². The maximum atomic E-state index is 3.49. The minimum absolute atomic E-state index is 0.461. The van der Waals surface area contributed by atoms with Crippen LogP contribution in [0.5, 0.6) is 0 Å². The van der Waals surface area contributed by atoms with Crippen molar-refractivity contribution in [3.63, 3.8) is 0 Å². The van der Waals surface area contributed by atoms with Crippen LogP contribution in [0.1, 0.15) is 26.3 Å². The summed E-state index contributed by atoms with van der Waals surface area (Å²) in [6.45, 7) is 7.46. The van der Waals surface area contributed by atoms with E-state index >= 15 is 0 Å². The first-order chi connectivity index (χ1) is 7.22. The van der Waals surface area contributed by atoms with Crippen molar-refractivity contribution in [3.05, 3.63) is 47.5 Å². The first-order valence-corrected chi connectivity index (χ1v) is 5.64. The molecule has 0 saturated heterocycles. The van der Waals surface area contributed by atoms with Gasteiger partial charge in [0.15, 0.2) is 0 Å². The molecule has 0 amide bonds. The van der Waals surface area contributed by atoms with E-state index in [-0.39, 0.29) is 0 Å². The summed E-state index contributed by atoms with van der Waals surface area (Å²) in [5.74, 6) is 0. The van der Waals surface area contributed by atoms with Crippen molar-refractivity contribution >= 4 is 0 Å². The van der Waals surface area contributed by atoms with Gasteiger partial charge in [-0.3, -0.25) is 0 Å². The number of benzene rings is 1. The lowest BCUT2D eigenvalue weighted by atomic mass is 10.0. The molecular weight excluding hydrogens is 182 g/mol. The molecule has 0 spiro atoms. The predicted molar refractivity (Wildman–Crippen MR) is 67.0 cm³/mol. The zero-order valence-corrected chi connectivity index (χ0v) is 9.96. The van der Waals surface area contributed by atoms with E-state index in [1.807, 2.05) is 0 Å². The van der Waals surface area contributed by atoms with Gasteiger partial charge in [0.1, 0.15) is 0 Å². The molecule has 0 bridgehead atoms. The van der Waals surface area contributed by atoms with Crippen LogP contribution < -0.4 is 5.32 Å². The van der Waals surface area contributed by atoms with E-state index in [4.69, 9.17) is 0 Å². The minimum atomic E-state index is 0.461. The fourth-order valence-electron chi connectivity index (χ4n) is 1.72.